The molecule has 1 N–H and O–H groups in total. The zero-order chi connectivity index (χ0) is 23.0. The second kappa shape index (κ2) is 9.81. The van der Waals surface area contributed by atoms with Gasteiger partial charge in [0.05, 0.1) is 16.6 Å². The van der Waals surface area contributed by atoms with Crippen molar-refractivity contribution in [2.45, 2.75) is 42.1 Å². The number of rotatable bonds is 9. The molecular formula is C25H33IN2O5. The minimum atomic E-state index is -0.283. The van der Waals surface area contributed by atoms with Crippen molar-refractivity contribution in [2.24, 2.45) is 11.8 Å². The Morgan fingerprint density at radius 1 is 1.27 bits per heavy atom. The Hall–Kier alpha value is -1.20. The lowest BCUT2D eigenvalue weighted by atomic mass is 9.65. The second-order valence-electron chi connectivity index (χ2n) is 9.61. The third kappa shape index (κ3) is 4.57. The average Bonchev–Trinajstić information content (AvgIpc) is 3.11. The highest BCUT2D eigenvalue weighted by Crippen LogP contribution is 2.58. The van der Waals surface area contributed by atoms with Gasteiger partial charge in [0.1, 0.15) is 12.5 Å². The molecule has 4 heterocycles. The summed E-state index contributed by atoms with van der Waals surface area (Å²) in [5, 5.41) is 1.19. The van der Waals surface area contributed by atoms with Crippen LogP contribution in [-0.2, 0) is 28.8 Å². The Labute approximate surface area is 208 Å². The number of hydrogen-bond acceptors (Lipinski definition) is 6. The van der Waals surface area contributed by atoms with Gasteiger partial charge in [0.15, 0.2) is 0 Å². The van der Waals surface area contributed by atoms with Crippen molar-refractivity contribution in [2.75, 3.05) is 46.8 Å². The first kappa shape index (κ1) is 23.5. The molecule has 2 aromatic rings. The summed E-state index contributed by atoms with van der Waals surface area (Å²) in [6, 6.07) is 6.47. The molecule has 1 aromatic carbocycles. The zero-order valence-corrected chi connectivity index (χ0v) is 21.6. The first-order valence-corrected chi connectivity index (χ1v) is 13.0. The molecule has 0 radical (unpaired) electrons. The topological polar surface area (TPSA) is 73.0 Å². The molecule has 3 aliphatic heterocycles. The Morgan fingerprint density at radius 2 is 2.12 bits per heavy atom. The van der Waals surface area contributed by atoms with Crippen molar-refractivity contribution in [1.82, 2.24) is 9.88 Å². The van der Waals surface area contributed by atoms with Gasteiger partial charge in [-0.15, -0.1) is 0 Å². The van der Waals surface area contributed by atoms with Crippen molar-refractivity contribution in [1.29, 1.82) is 0 Å². The van der Waals surface area contributed by atoms with Crippen LogP contribution in [0.4, 0.5) is 0 Å². The van der Waals surface area contributed by atoms with E-state index in [0.29, 0.717) is 43.6 Å². The van der Waals surface area contributed by atoms with Crippen molar-refractivity contribution in [3.8, 4) is 5.75 Å². The van der Waals surface area contributed by atoms with Gasteiger partial charge in [-0.1, -0.05) is 22.6 Å². The number of esters is 1. The molecule has 180 valence electrons. The van der Waals surface area contributed by atoms with Crippen LogP contribution in [0.15, 0.2) is 18.2 Å². The maximum absolute atomic E-state index is 11.5. The predicted molar refractivity (Wildman–Crippen MR) is 134 cm³/mol. The number of piperidine rings is 2. The average molecular weight is 568 g/mol. The van der Waals surface area contributed by atoms with Gasteiger partial charge < -0.3 is 23.9 Å². The van der Waals surface area contributed by atoms with Gasteiger partial charge in [0.25, 0.3) is 0 Å². The molecule has 1 saturated carbocycles. The summed E-state index contributed by atoms with van der Waals surface area (Å²) in [6.07, 6.45) is 4.57. The van der Waals surface area contributed by atoms with Crippen LogP contribution in [0, 0.1) is 11.8 Å². The number of H-pyrrole nitrogens is 1. The van der Waals surface area contributed by atoms with Crippen molar-refractivity contribution in [3.05, 3.63) is 29.5 Å². The molecule has 2 saturated heterocycles. The minimum Gasteiger partial charge on any atom is -0.427 e. The smallest absolute Gasteiger partial charge is 0.308 e. The summed E-state index contributed by atoms with van der Waals surface area (Å²) >= 11 is 2.75. The number of fused-ring (bicyclic) bond motifs is 4. The van der Waals surface area contributed by atoms with Crippen LogP contribution >= 0.6 is 22.6 Å². The first-order chi connectivity index (χ1) is 16.0. The van der Waals surface area contributed by atoms with Crippen molar-refractivity contribution < 1.29 is 23.7 Å². The highest BCUT2D eigenvalue weighted by molar-refractivity contribution is 14.1. The first-order valence-electron chi connectivity index (χ1n) is 11.9. The van der Waals surface area contributed by atoms with Crippen LogP contribution in [0.1, 0.15) is 37.4 Å². The van der Waals surface area contributed by atoms with Gasteiger partial charge in [0.2, 0.25) is 0 Å². The molecule has 8 heteroatoms. The number of aromatic amines is 1. The maximum atomic E-state index is 11.5. The number of benzene rings is 1. The van der Waals surface area contributed by atoms with Crippen LogP contribution < -0.4 is 4.74 Å². The molecule has 5 unspecified atom stereocenters. The van der Waals surface area contributed by atoms with E-state index in [1.165, 1.54) is 43.0 Å². The molecule has 4 bridgehead atoms. The zero-order valence-electron chi connectivity index (χ0n) is 19.4. The standard InChI is InChI=1S/C25H33IN2O5/c1-16(29)33-19-3-4-22-21(12-19)20-5-7-28-14-17-11-18(6-8-31-15-32-10-9-30-2)24(28)25(26,13-17)23(20)27-22/h3-4,12,17-18,24,27H,5-11,13-15H2,1-2H3. The fraction of sp³-hybridized carbons (Fsp3) is 0.640. The molecule has 3 fully saturated rings. The second-order valence-corrected chi connectivity index (χ2v) is 11.5. The van der Waals surface area contributed by atoms with Gasteiger partial charge in [-0.3, -0.25) is 9.69 Å². The molecule has 7 nitrogen and oxygen atoms in total. The maximum Gasteiger partial charge on any atom is 0.308 e. The van der Waals surface area contributed by atoms with E-state index in [1.54, 1.807) is 7.11 Å². The molecule has 4 aliphatic rings. The van der Waals surface area contributed by atoms with E-state index in [2.05, 4.69) is 38.5 Å². The van der Waals surface area contributed by atoms with Gasteiger partial charge in [0, 0.05) is 56.4 Å². The van der Waals surface area contributed by atoms with E-state index >= 15 is 0 Å². The number of nitrogens with one attached hydrogen (secondary N) is 1. The number of methoxy groups -OCH3 is 1. The lowest BCUT2D eigenvalue weighted by Gasteiger charge is -2.57. The van der Waals surface area contributed by atoms with E-state index in [1.807, 2.05) is 12.1 Å². The molecule has 33 heavy (non-hydrogen) atoms. The quantitative estimate of drug-likeness (QED) is 0.123. The molecule has 5 atom stereocenters. The van der Waals surface area contributed by atoms with Gasteiger partial charge >= 0.3 is 5.97 Å². The highest BCUT2D eigenvalue weighted by Gasteiger charge is 2.57. The van der Waals surface area contributed by atoms with Crippen molar-refractivity contribution in [3.63, 3.8) is 0 Å². The molecule has 0 amide bonds. The van der Waals surface area contributed by atoms with E-state index in [4.69, 9.17) is 18.9 Å². The number of ether oxygens (including phenoxy) is 4. The van der Waals surface area contributed by atoms with E-state index in [-0.39, 0.29) is 9.39 Å². The number of hydrogen-bond donors (Lipinski definition) is 1. The van der Waals surface area contributed by atoms with Gasteiger partial charge in [-0.25, -0.2) is 0 Å². The summed E-state index contributed by atoms with van der Waals surface area (Å²) in [7, 11) is 1.67. The van der Waals surface area contributed by atoms with E-state index in [9.17, 15) is 4.79 Å². The number of carbonyl (C=O) groups is 1. The molecule has 6 rings (SSSR count). The van der Waals surface area contributed by atoms with Crippen LogP contribution in [-0.4, -0.2) is 68.7 Å². The fourth-order valence-corrected chi connectivity index (χ4v) is 8.35. The van der Waals surface area contributed by atoms with Crippen molar-refractivity contribution >= 4 is 39.5 Å². The summed E-state index contributed by atoms with van der Waals surface area (Å²) in [4.78, 5) is 18.0. The normalized spacial score (nSPS) is 30.3. The molecular weight excluding hydrogens is 535 g/mol. The van der Waals surface area contributed by atoms with Crippen LogP contribution in [0.5, 0.6) is 5.75 Å². The minimum absolute atomic E-state index is 0.0605. The largest absolute Gasteiger partial charge is 0.427 e. The van der Waals surface area contributed by atoms with Gasteiger partial charge in [-0.2, -0.15) is 0 Å². The molecule has 1 aliphatic carbocycles. The Morgan fingerprint density at radius 3 is 2.94 bits per heavy atom. The van der Waals surface area contributed by atoms with E-state index < -0.39 is 0 Å². The highest BCUT2D eigenvalue weighted by atomic mass is 127. The monoisotopic (exact) mass is 568 g/mol. The fourth-order valence-electron chi connectivity index (χ4n) is 6.36. The summed E-state index contributed by atoms with van der Waals surface area (Å²) in [5.41, 5.74) is 3.91. The summed E-state index contributed by atoms with van der Waals surface area (Å²) < 4.78 is 21.7. The Kier molecular flexibility index (Phi) is 7.00. The molecule has 0 spiro atoms. The Bertz CT molecular complexity index is 1010. The third-order valence-electron chi connectivity index (χ3n) is 7.46. The van der Waals surface area contributed by atoms with Crippen LogP contribution in [0.3, 0.4) is 0 Å². The lowest BCUT2D eigenvalue weighted by Crippen LogP contribution is -2.62. The number of nitrogens with zero attached hydrogens (tertiary/aromatic N) is 1. The van der Waals surface area contributed by atoms with Crippen LogP contribution in [0.25, 0.3) is 10.9 Å². The predicted octanol–water partition coefficient (Wildman–Crippen LogP) is 4.02. The van der Waals surface area contributed by atoms with E-state index in [0.717, 1.165) is 31.5 Å². The number of carbonyl (C=O) groups excluding carboxylic acids is 1. The Balaban J connectivity index is 1.37. The number of halogens is 1. The van der Waals surface area contributed by atoms with Crippen LogP contribution in [0.2, 0.25) is 0 Å². The van der Waals surface area contributed by atoms with Gasteiger partial charge in [-0.05, 0) is 61.3 Å². The number of aromatic nitrogens is 1. The SMILES string of the molecule is COCCOCOCCC1CC2CN3CCc4c([nH]c5ccc(OC(C)=O)cc45)C(I)(C2)C13. The number of alkyl halides is 1. The molecule has 1 aromatic heterocycles. The summed E-state index contributed by atoms with van der Waals surface area (Å²) in [5.74, 6) is 1.66. The summed E-state index contributed by atoms with van der Waals surface area (Å²) in [6.45, 7) is 5.95. The lowest BCUT2D eigenvalue weighted by molar-refractivity contribution is -0.131. The third-order valence-corrected chi connectivity index (χ3v) is 9.08.